The lowest BCUT2D eigenvalue weighted by molar-refractivity contribution is -0.143. The Labute approximate surface area is 263 Å². The molecule has 3 aliphatic carbocycles. The molecule has 2 bridgehead atoms. The second-order valence-electron chi connectivity index (χ2n) is 13.8. The van der Waals surface area contributed by atoms with Gasteiger partial charge in [0.05, 0.1) is 22.5 Å². The largest absolute Gasteiger partial charge is 0.504 e. The number of carbonyl (C=O) groups is 2. The molecule has 7 rings (SSSR count). The van der Waals surface area contributed by atoms with Gasteiger partial charge in [-0.15, -0.1) is 0 Å². The van der Waals surface area contributed by atoms with Crippen molar-refractivity contribution in [2.45, 2.75) is 89.3 Å². The van der Waals surface area contributed by atoms with E-state index in [0.29, 0.717) is 40.0 Å². The first-order chi connectivity index (χ1) is 20.6. The van der Waals surface area contributed by atoms with E-state index in [1.54, 1.807) is 18.2 Å². The second-order valence-corrected chi connectivity index (χ2v) is 14.6. The molecule has 230 valence electrons. The standard InChI is InChI=1S/C34H40Cl2N2O5/c1-18(2)16-38(30(41)13-21-6-8-24(35)25(36)12-21)26-9-7-23-27-14-22-29(42-19(3)39)15-28(40)32-31(22)34(23,33(26)43-32)10-11-37(27)17-20-4-5-20/h6,8,12,15,18,20,23,26-27,33,40H,4-5,7,9-11,13-14,16-17H2,1-3H3/t23-,26+,27+,33-,34-/m0/s1. The molecule has 2 aromatic carbocycles. The minimum Gasteiger partial charge on any atom is -0.504 e. The van der Waals surface area contributed by atoms with Crippen molar-refractivity contribution in [3.8, 4) is 17.2 Å². The van der Waals surface area contributed by atoms with Crippen LogP contribution < -0.4 is 9.47 Å². The summed E-state index contributed by atoms with van der Waals surface area (Å²) in [5.41, 5.74) is 2.48. The zero-order valence-corrected chi connectivity index (χ0v) is 26.6. The van der Waals surface area contributed by atoms with E-state index in [2.05, 4.69) is 18.7 Å². The molecule has 2 aliphatic heterocycles. The Hall–Kier alpha value is -2.48. The quantitative estimate of drug-likeness (QED) is 0.279. The lowest BCUT2D eigenvalue weighted by Crippen LogP contribution is -2.69. The summed E-state index contributed by atoms with van der Waals surface area (Å²) in [6.45, 7) is 8.35. The van der Waals surface area contributed by atoms with Crippen molar-refractivity contribution in [3.05, 3.63) is 51.0 Å². The minimum atomic E-state index is -0.400. The fourth-order valence-electron chi connectivity index (χ4n) is 8.81. The molecular formula is C34H40Cl2N2O5. The van der Waals surface area contributed by atoms with Crippen LogP contribution in [-0.4, -0.2) is 64.6 Å². The van der Waals surface area contributed by atoms with E-state index in [4.69, 9.17) is 32.7 Å². The summed E-state index contributed by atoms with van der Waals surface area (Å²) >= 11 is 12.5. The van der Waals surface area contributed by atoms with E-state index in [9.17, 15) is 14.7 Å². The van der Waals surface area contributed by atoms with Crippen LogP contribution in [0.1, 0.15) is 69.6 Å². The monoisotopic (exact) mass is 626 g/mol. The summed E-state index contributed by atoms with van der Waals surface area (Å²) in [5, 5.41) is 12.2. The van der Waals surface area contributed by atoms with Crippen LogP contribution in [0.2, 0.25) is 10.0 Å². The van der Waals surface area contributed by atoms with E-state index >= 15 is 0 Å². The van der Waals surface area contributed by atoms with Gasteiger partial charge in [0, 0.05) is 48.7 Å². The predicted molar refractivity (Wildman–Crippen MR) is 165 cm³/mol. The van der Waals surface area contributed by atoms with Crippen molar-refractivity contribution in [2.24, 2.45) is 17.8 Å². The molecule has 5 aliphatic rings. The Kier molecular flexibility index (Phi) is 7.38. The summed E-state index contributed by atoms with van der Waals surface area (Å²) in [6.07, 6.45) is 6.00. The lowest BCUT2D eigenvalue weighted by atomic mass is 9.50. The molecule has 1 spiro atoms. The number of phenols is 1. The summed E-state index contributed by atoms with van der Waals surface area (Å²) in [6, 6.07) is 7.09. The first-order valence-corrected chi connectivity index (χ1v) is 16.5. The van der Waals surface area contributed by atoms with Crippen LogP contribution in [0.4, 0.5) is 0 Å². The summed E-state index contributed by atoms with van der Waals surface area (Å²) in [4.78, 5) is 31.0. The SMILES string of the molecule is CC(=O)Oc1cc(O)c2c3c1C[C@@H]1[C@@H]4CC[C@@H](N(CC(C)C)C(=O)Cc5ccc(Cl)c(Cl)c5)[C@H](O2)[C@]34CCN1CC1CC1. The molecule has 1 saturated heterocycles. The molecular weight excluding hydrogens is 587 g/mol. The third-order valence-electron chi connectivity index (χ3n) is 10.6. The van der Waals surface area contributed by atoms with Crippen LogP contribution in [-0.2, 0) is 27.8 Å². The van der Waals surface area contributed by atoms with Crippen LogP contribution in [0.3, 0.4) is 0 Å². The molecule has 1 amide bonds. The number of carbonyl (C=O) groups excluding carboxylic acids is 2. The van der Waals surface area contributed by atoms with Crippen molar-refractivity contribution in [1.29, 1.82) is 0 Å². The van der Waals surface area contributed by atoms with Crippen LogP contribution in [0.15, 0.2) is 24.3 Å². The fraction of sp³-hybridized carbons (Fsp3) is 0.588. The molecule has 0 unspecified atom stereocenters. The van der Waals surface area contributed by atoms with Crippen molar-refractivity contribution in [1.82, 2.24) is 9.80 Å². The smallest absolute Gasteiger partial charge is 0.308 e. The highest BCUT2D eigenvalue weighted by atomic mass is 35.5. The number of esters is 1. The van der Waals surface area contributed by atoms with Crippen LogP contribution in [0.5, 0.6) is 17.2 Å². The van der Waals surface area contributed by atoms with Gasteiger partial charge in [-0.2, -0.15) is 0 Å². The van der Waals surface area contributed by atoms with E-state index in [-0.39, 0.29) is 41.6 Å². The van der Waals surface area contributed by atoms with E-state index in [1.807, 2.05) is 11.0 Å². The van der Waals surface area contributed by atoms with Gasteiger partial charge in [-0.25, -0.2) is 0 Å². The van der Waals surface area contributed by atoms with E-state index in [1.165, 1.54) is 19.8 Å². The molecule has 7 nitrogen and oxygen atoms in total. The number of ether oxygens (including phenoxy) is 2. The average molecular weight is 628 g/mol. The number of amides is 1. The molecule has 2 aromatic rings. The first-order valence-electron chi connectivity index (χ1n) is 15.8. The summed E-state index contributed by atoms with van der Waals surface area (Å²) < 4.78 is 12.6. The number of likely N-dealkylation sites (tertiary alicyclic amines) is 1. The molecule has 9 heteroatoms. The maximum Gasteiger partial charge on any atom is 0.308 e. The van der Waals surface area contributed by atoms with Gasteiger partial charge in [-0.1, -0.05) is 43.1 Å². The van der Waals surface area contributed by atoms with E-state index in [0.717, 1.165) is 61.4 Å². The molecule has 3 fully saturated rings. The Morgan fingerprint density at radius 1 is 1.16 bits per heavy atom. The van der Waals surface area contributed by atoms with Crippen molar-refractivity contribution in [3.63, 3.8) is 0 Å². The van der Waals surface area contributed by atoms with E-state index < -0.39 is 5.97 Å². The lowest BCUT2D eigenvalue weighted by Gasteiger charge is -2.60. The zero-order valence-electron chi connectivity index (χ0n) is 25.1. The van der Waals surface area contributed by atoms with Gasteiger partial charge in [0.15, 0.2) is 11.5 Å². The topological polar surface area (TPSA) is 79.3 Å². The van der Waals surface area contributed by atoms with Gasteiger partial charge in [0.2, 0.25) is 5.91 Å². The molecule has 0 aromatic heterocycles. The predicted octanol–water partition coefficient (Wildman–Crippen LogP) is 6.17. The Bertz CT molecular complexity index is 1480. The van der Waals surface area contributed by atoms with Gasteiger partial charge in [0.1, 0.15) is 11.9 Å². The number of nitrogens with zero attached hydrogens (tertiary/aromatic N) is 2. The minimum absolute atomic E-state index is 0.00711. The van der Waals surface area contributed by atoms with Gasteiger partial charge >= 0.3 is 5.97 Å². The molecule has 2 heterocycles. The zero-order chi connectivity index (χ0) is 30.2. The number of benzene rings is 2. The second kappa shape index (κ2) is 10.8. The van der Waals surface area contributed by atoms with Crippen LogP contribution in [0, 0.1) is 17.8 Å². The maximum absolute atomic E-state index is 14.1. The number of aromatic hydroxyl groups is 1. The molecule has 5 atom stereocenters. The molecule has 0 radical (unpaired) electrons. The fourth-order valence-corrected chi connectivity index (χ4v) is 9.13. The number of hydrogen-bond donors (Lipinski definition) is 1. The average Bonchev–Trinajstić information content (AvgIpc) is 3.70. The molecule has 2 saturated carbocycles. The Morgan fingerprint density at radius 2 is 1.95 bits per heavy atom. The summed E-state index contributed by atoms with van der Waals surface area (Å²) in [5.74, 6) is 1.98. The first kappa shape index (κ1) is 29.2. The maximum atomic E-state index is 14.1. The summed E-state index contributed by atoms with van der Waals surface area (Å²) in [7, 11) is 0. The number of hydrogen-bond acceptors (Lipinski definition) is 6. The number of phenolic OH excluding ortho intramolecular Hbond substituents is 1. The third-order valence-corrected chi connectivity index (χ3v) is 11.3. The third kappa shape index (κ3) is 4.90. The van der Waals surface area contributed by atoms with Gasteiger partial charge < -0.3 is 19.5 Å². The van der Waals surface area contributed by atoms with Crippen LogP contribution in [0.25, 0.3) is 0 Å². The van der Waals surface area contributed by atoms with Gasteiger partial charge in [0.25, 0.3) is 0 Å². The Morgan fingerprint density at radius 3 is 2.65 bits per heavy atom. The normalized spacial score (nSPS) is 28.8. The molecule has 1 N–H and O–H groups in total. The number of rotatable bonds is 8. The highest BCUT2D eigenvalue weighted by Gasteiger charge is 2.67. The molecule has 43 heavy (non-hydrogen) atoms. The number of piperidine rings is 1. The van der Waals surface area contributed by atoms with Crippen LogP contribution >= 0.6 is 23.2 Å². The van der Waals surface area contributed by atoms with Gasteiger partial charge in [-0.05, 0) is 80.5 Å². The van der Waals surface area contributed by atoms with Gasteiger partial charge in [-0.3, -0.25) is 14.5 Å². The van der Waals surface area contributed by atoms with Crippen molar-refractivity contribution in [2.75, 3.05) is 19.6 Å². The van der Waals surface area contributed by atoms with Crippen molar-refractivity contribution < 1.29 is 24.2 Å². The number of halogens is 2. The highest BCUT2D eigenvalue weighted by Crippen LogP contribution is 2.66. The highest BCUT2D eigenvalue weighted by molar-refractivity contribution is 6.42. The van der Waals surface area contributed by atoms with Crippen molar-refractivity contribution >= 4 is 35.1 Å². The Balaban J connectivity index is 1.30.